The van der Waals surface area contributed by atoms with Crippen LogP contribution in [-0.2, 0) is 18.7 Å². The first-order chi connectivity index (χ1) is 24.0. The number of allylic oxidation sites excluding steroid dienone is 3. The minimum atomic E-state index is -2.83. The van der Waals surface area contributed by atoms with Crippen LogP contribution in [0, 0.1) is 46.3 Å². The molecule has 4 nitrogen and oxygen atoms in total. The summed E-state index contributed by atoms with van der Waals surface area (Å²) >= 11 is 0. The fourth-order valence-electron chi connectivity index (χ4n) is 11.5. The van der Waals surface area contributed by atoms with Crippen molar-refractivity contribution in [1.29, 1.82) is 0 Å². The third-order valence-electron chi connectivity index (χ3n) is 14.6. The van der Waals surface area contributed by atoms with E-state index in [1.165, 1.54) is 102 Å². The van der Waals surface area contributed by atoms with Crippen molar-refractivity contribution in [2.45, 2.75) is 207 Å². The molecule has 0 amide bonds. The molecule has 4 aliphatic carbocycles. The summed E-state index contributed by atoms with van der Waals surface area (Å²) in [5.41, 5.74) is 1.17. The molecule has 286 valence electrons. The Hall–Kier alpha value is -1.15. The fraction of sp³-hybridized carbons (Fsp3) is 0.889. The monoisotopic (exact) mass is 713 g/mol. The molecule has 2 unspecified atom stereocenters. The lowest BCUT2D eigenvalue weighted by Crippen LogP contribution is -2.51. The Kier molecular flexibility index (Phi) is 16.9. The summed E-state index contributed by atoms with van der Waals surface area (Å²) in [6.07, 6.45) is 35.2. The highest BCUT2D eigenvalue weighted by atomic mass is 31.1. The highest BCUT2D eigenvalue weighted by molar-refractivity contribution is 7.33. The number of unbranched alkanes of at least 4 members (excludes halogenated alkanes) is 10. The zero-order valence-electron chi connectivity index (χ0n) is 33.4. The van der Waals surface area contributed by atoms with E-state index in [0.717, 1.165) is 86.9 Å². The molecule has 5 heteroatoms. The molecule has 0 saturated heterocycles. The molecule has 0 N–H and O–H groups in total. The van der Waals surface area contributed by atoms with Gasteiger partial charge < -0.3 is 4.74 Å². The topological polar surface area (TPSA) is 60.4 Å². The molecule has 50 heavy (non-hydrogen) atoms. The van der Waals surface area contributed by atoms with Crippen LogP contribution < -0.4 is 0 Å². The van der Waals surface area contributed by atoms with Gasteiger partial charge in [-0.15, -0.1) is 0 Å². The van der Waals surface area contributed by atoms with E-state index in [1.807, 2.05) is 0 Å². The van der Waals surface area contributed by atoms with Crippen molar-refractivity contribution in [3.8, 4) is 0 Å². The molecule has 0 bridgehead atoms. The van der Waals surface area contributed by atoms with Gasteiger partial charge in [0.1, 0.15) is 6.10 Å². The van der Waals surface area contributed by atoms with Crippen LogP contribution in [-0.4, -0.2) is 17.7 Å². The van der Waals surface area contributed by atoms with Crippen molar-refractivity contribution in [2.24, 2.45) is 46.3 Å². The SMILES string of the molecule is CCCCCCCC/C=C\CCCCCCC(C(=O)O[C@H]1CC[C@@]2(C)C(=CC[C@H]3[C@@H]4CC[C@H](C(C)CCCC(C)C)[C@@]4(C)CC[C@@H]32)C1)P(=O)=O. The quantitative estimate of drug-likeness (QED) is 0.0485. The summed E-state index contributed by atoms with van der Waals surface area (Å²) in [5.74, 6) is 4.35. The van der Waals surface area contributed by atoms with Gasteiger partial charge in [-0.2, -0.15) is 0 Å². The van der Waals surface area contributed by atoms with Crippen molar-refractivity contribution in [3.05, 3.63) is 23.8 Å². The average molecular weight is 713 g/mol. The molecular weight excluding hydrogens is 635 g/mol. The second kappa shape index (κ2) is 20.3. The molecule has 0 spiro atoms. The van der Waals surface area contributed by atoms with Gasteiger partial charge >= 0.3 is 13.6 Å². The second-order valence-corrected chi connectivity index (χ2v) is 19.6. The lowest BCUT2D eigenvalue weighted by atomic mass is 9.47. The zero-order valence-corrected chi connectivity index (χ0v) is 34.3. The van der Waals surface area contributed by atoms with Gasteiger partial charge in [0.15, 0.2) is 5.66 Å². The summed E-state index contributed by atoms with van der Waals surface area (Å²) in [6, 6.07) is 0. The molecule has 0 aromatic heterocycles. The molecule has 0 aromatic rings. The summed E-state index contributed by atoms with van der Waals surface area (Å²) < 4.78 is 30.3. The molecule has 4 aliphatic rings. The Morgan fingerprint density at radius 2 is 1.50 bits per heavy atom. The first kappa shape index (κ1) is 41.6. The van der Waals surface area contributed by atoms with Crippen LogP contribution in [0.4, 0.5) is 0 Å². The zero-order chi connectivity index (χ0) is 36.1. The van der Waals surface area contributed by atoms with Crippen molar-refractivity contribution in [2.75, 3.05) is 0 Å². The maximum atomic E-state index is 13.2. The second-order valence-electron chi connectivity index (χ2n) is 18.4. The predicted octanol–water partition coefficient (Wildman–Crippen LogP) is 14.1. The highest BCUT2D eigenvalue weighted by Gasteiger charge is 2.59. The molecule has 4 rings (SSSR count). The van der Waals surface area contributed by atoms with E-state index >= 15 is 0 Å². The number of ether oxygens (including phenoxy) is 1. The van der Waals surface area contributed by atoms with Crippen molar-refractivity contribution >= 4 is 13.6 Å². The number of carbonyl (C=O) groups is 1. The van der Waals surface area contributed by atoms with Crippen LogP contribution in [0.3, 0.4) is 0 Å². The van der Waals surface area contributed by atoms with E-state index in [1.54, 1.807) is 0 Å². The molecule has 0 heterocycles. The Bertz CT molecular complexity index is 1160. The van der Waals surface area contributed by atoms with E-state index in [9.17, 15) is 13.9 Å². The number of hydrogen-bond donors (Lipinski definition) is 0. The van der Waals surface area contributed by atoms with Crippen LogP contribution >= 0.6 is 7.68 Å². The van der Waals surface area contributed by atoms with Crippen molar-refractivity contribution < 1.29 is 18.7 Å². The van der Waals surface area contributed by atoms with E-state index in [2.05, 4.69) is 59.8 Å². The Labute approximate surface area is 309 Å². The average Bonchev–Trinajstić information content (AvgIpc) is 3.43. The van der Waals surface area contributed by atoms with Gasteiger partial charge in [-0.25, -0.2) is 9.13 Å². The number of hydrogen-bond acceptors (Lipinski definition) is 4. The predicted molar refractivity (Wildman–Crippen MR) is 210 cm³/mol. The summed E-state index contributed by atoms with van der Waals surface area (Å²) in [4.78, 5) is 13.2. The normalized spacial score (nSPS) is 31.9. The van der Waals surface area contributed by atoms with Crippen LogP contribution in [0.2, 0.25) is 0 Å². The van der Waals surface area contributed by atoms with Crippen LogP contribution in [0.5, 0.6) is 0 Å². The van der Waals surface area contributed by atoms with Gasteiger partial charge in [0.2, 0.25) is 0 Å². The lowest BCUT2D eigenvalue weighted by Gasteiger charge is -2.58. The van der Waals surface area contributed by atoms with Gasteiger partial charge in [0.05, 0.1) is 0 Å². The van der Waals surface area contributed by atoms with Crippen LogP contribution in [0.1, 0.15) is 196 Å². The third-order valence-corrected chi connectivity index (χ3v) is 15.5. The number of esters is 1. The number of rotatable bonds is 22. The van der Waals surface area contributed by atoms with Gasteiger partial charge in [0, 0.05) is 6.42 Å². The van der Waals surface area contributed by atoms with Crippen LogP contribution in [0.15, 0.2) is 23.8 Å². The Morgan fingerprint density at radius 1 is 0.820 bits per heavy atom. The largest absolute Gasteiger partial charge is 0.461 e. The van der Waals surface area contributed by atoms with Gasteiger partial charge in [-0.05, 0) is 123 Å². The maximum absolute atomic E-state index is 13.2. The molecule has 3 saturated carbocycles. The fourth-order valence-corrected chi connectivity index (χ4v) is 12.2. The molecule has 0 aromatic carbocycles. The number of carbonyl (C=O) groups excluding carboxylic acids is 1. The number of fused-ring (bicyclic) bond motifs is 5. The van der Waals surface area contributed by atoms with Crippen molar-refractivity contribution in [1.82, 2.24) is 0 Å². The van der Waals surface area contributed by atoms with E-state index in [0.29, 0.717) is 11.8 Å². The Morgan fingerprint density at radius 3 is 2.18 bits per heavy atom. The summed E-state index contributed by atoms with van der Waals surface area (Å²) in [5, 5.41) is 0. The van der Waals surface area contributed by atoms with Crippen molar-refractivity contribution in [3.63, 3.8) is 0 Å². The van der Waals surface area contributed by atoms with E-state index in [-0.39, 0.29) is 11.5 Å². The molecule has 9 atom stereocenters. The molecule has 0 radical (unpaired) electrons. The standard InChI is InChI=1S/C45H77O4P/c1-7-8-9-10-11-12-13-14-15-16-17-18-19-20-24-42(50(47)48)43(46)49-37-29-31-44(5)36(33-37)25-26-38-40-28-27-39(35(4)23-21-22-34(2)3)45(40,6)32-30-41(38)44/h14-15,25,34-35,37-42H,7-13,16-24,26-33H2,1-6H3/b15-14-/t35?,37-,38-,39+,40-,41-,42?,44-,45+/m0/s1. The van der Waals surface area contributed by atoms with E-state index in [4.69, 9.17) is 4.74 Å². The lowest BCUT2D eigenvalue weighted by molar-refractivity contribution is -0.151. The molecule has 3 fully saturated rings. The minimum absolute atomic E-state index is 0.185. The third kappa shape index (κ3) is 10.9. The molecular formula is C45H77O4P. The maximum Gasteiger partial charge on any atom is 0.330 e. The smallest absolute Gasteiger partial charge is 0.330 e. The first-order valence-electron chi connectivity index (χ1n) is 21.7. The van der Waals surface area contributed by atoms with Gasteiger partial charge in [-0.1, -0.05) is 136 Å². The minimum Gasteiger partial charge on any atom is -0.461 e. The van der Waals surface area contributed by atoms with Crippen LogP contribution in [0.25, 0.3) is 0 Å². The first-order valence-corrected chi connectivity index (χ1v) is 22.9. The highest BCUT2D eigenvalue weighted by Crippen LogP contribution is 2.67. The summed E-state index contributed by atoms with van der Waals surface area (Å²) in [7, 11) is -2.83. The van der Waals surface area contributed by atoms with Gasteiger partial charge in [0.25, 0.3) is 0 Å². The van der Waals surface area contributed by atoms with Gasteiger partial charge in [-0.3, -0.25) is 4.79 Å². The van der Waals surface area contributed by atoms with E-state index < -0.39 is 19.3 Å². The molecule has 0 aliphatic heterocycles. The summed E-state index contributed by atoms with van der Waals surface area (Å²) in [6.45, 7) is 14.7. The Balaban J connectivity index is 1.20.